The summed E-state index contributed by atoms with van der Waals surface area (Å²) < 4.78 is 11.9. The number of carbonyl (C=O) groups excluding carboxylic acids is 1. The topological polar surface area (TPSA) is 39.4 Å². The second-order valence-corrected chi connectivity index (χ2v) is 11.5. The monoisotopic (exact) mass is 290 g/mol. The van der Waals surface area contributed by atoms with Crippen molar-refractivity contribution in [1.82, 2.24) is 0 Å². The SMILES string of the molecule is CC(C)(C)[Si](C)(C)OCc1cc2cc(C=O)ccc2o1. The van der Waals surface area contributed by atoms with E-state index in [2.05, 4.69) is 33.9 Å². The van der Waals surface area contributed by atoms with Crippen molar-refractivity contribution in [1.29, 1.82) is 0 Å². The summed E-state index contributed by atoms with van der Waals surface area (Å²) in [7, 11) is -1.77. The van der Waals surface area contributed by atoms with Crippen molar-refractivity contribution in [2.75, 3.05) is 0 Å². The highest BCUT2D eigenvalue weighted by Gasteiger charge is 2.37. The van der Waals surface area contributed by atoms with Crippen molar-refractivity contribution in [2.45, 2.75) is 45.5 Å². The highest BCUT2D eigenvalue weighted by molar-refractivity contribution is 6.74. The molecule has 20 heavy (non-hydrogen) atoms. The predicted octanol–water partition coefficient (Wildman–Crippen LogP) is 4.77. The van der Waals surface area contributed by atoms with E-state index in [1.54, 1.807) is 6.07 Å². The number of furan rings is 1. The molecule has 0 atom stereocenters. The Hall–Kier alpha value is -1.39. The summed E-state index contributed by atoms with van der Waals surface area (Å²) >= 11 is 0. The van der Waals surface area contributed by atoms with Crippen LogP contribution >= 0.6 is 0 Å². The second kappa shape index (κ2) is 5.18. The highest BCUT2D eigenvalue weighted by Crippen LogP contribution is 2.37. The number of benzene rings is 1. The van der Waals surface area contributed by atoms with E-state index in [4.69, 9.17) is 8.84 Å². The molecule has 108 valence electrons. The van der Waals surface area contributed by atoms with Crippen molar-refractivity contribution >= 4 is 25.6 Å². The Kier molecular flexibility index (Phi) is 3.89. The van der Waals surface area contributed by atoms with Gasteiger partial charge in [0.1, 0.15) is 17.6 Å². The third kappa shape index (κ3) is 3.02. The van der Waals surface area contributed by atoms with Crippen LogP contribution in [0.5, 0.6) is 0 Å². The number of aldehydes is 1. The molecule has 0 bridgehead atoms. The predicted molar refractivity (Wildman–Crippen MR) is 83.6 cm³/mol. The molecule has 0 N–H and O–H groups in total. The van der Waals surface area contributed by atoms with Crippen molar-refractivity contribution in [3.05, 3.63) is 35.6 Å². The van der Waals surface area contributed by atoms with Gasteiger partial charge in [-0.2, -0.15) is 0 Å². The first-order valence-corrected chi connectivity index (χ1v) is 9.75. The Labute approximate surface area is 121 Å². The van der Waals surface area contributed by atoms with E-state index in [9.17, 15) is 4.79 Å². The minimum atomic E-state index is -1.77. The lowest BCUT2D eigenvalue weighted by molar-refractivity contribution is 0.112. The summed E-state index contributed by atoms with van der Waals surface area (Å²) in [6.45, 7) is 11.6. The molecule has 4 heteroatoms. The van der Waals surface area contributed by atoms with Gasteiger partial charge in [-0.15, -0.1) is 0 Å². The zero-order chi connectivity index (χ0) is 15.0. The molecule has 0 fully saturated rings. The molecule has 0 aliphatic heterocycles. The first-order valence-electron chi connectivity index (χ1n) is 6.84. The molecule has 2 aromatic rings. The normalized spacial score (nSPS) is 12.8. The molecule has 0 amide bonds. The maximum absolute atomic E-state index is 10.8. The minimum absolute atomic E-state index is 0.184. The van der Waals surface area contributed by atoms with Crippen molar-refractivity contribution in [3.8, 4) is 0 Å². The van der Waals surface area contributed by atoms with Crippen molar-refractivity contribution < 1.29 is 13.6 Å². The van der Waals surface area contributed by atoms with Gasteiger partial charge in [0.05, 0.1) is 6.61 Å². The summed E-state index contributed by atoms with van der Waals surface area (Å²) in [5.41, 5.74) is 1.46. The van der Waals surface area contributed by atoms with Crippen molar-refractivity contribution in [3.63, 3.8) is 0 Å². The quantitative estimate of drug-likeness (QED) is 0.601. The van der Waals surface area contributed by atoms with Gasteiger partial charge in [-0.25, -0.2) is 0 Å². The van der Waals surface area contributed by atoms with Crippen LogP contribution in [0.25, 0.3) is 11.0 Å². The summed E-state index contributed by atoms with van der Waals surface area (Å²) in [6.07, 6.45) is 0.845. The Balaban J connectivity index is 2.17. The average Bonchev–Trinajstić information content (AvgIpc) is 2.76. The molecule has 1 aromatic carbocycles. The third-order valence-electron chi connectivity index (χ3n) is 4.11. The Morgan fingerprint density at radius 2 is 1.95 bits per heavy atom. The fraction of sp³-hybridized carbons (Fsp3) is 0.438. The molecule has 0 radical (unpaired) electrons. The van der Waals surface area contributed by atoms with Gasteiger partial charge in [-0.05, 0) is 42.4 Å². The largest absolute Gasteiger partial charge is 0.459 e. The van der Waals surface area contributed by atoms with Gasteiger partial charge in [0, 0.05) is 10.9 Å². The van der Waals surface area contributed by atoms with Gasteiger partial charge in [0.2, 0.25) is 0 Å². The highest BCUT2D eigenvalue weighted by atomic mass is 28.4. The Morgan fingerprint density at radius 3 is 2.55 bits per heavy atom. The molecule has 0 saturated carbocycles. The van der Waals surface area contributed by atoms with E-state index in [1.807, 2.05) is 18.2 Å². The fourth-order valence-electron chi connectivity index (χ4n) is 1.73. The van der Waals surface area contributed by atoms with E-state index in [0.29, 0.717) is 12.2 Å². The molecule has 0 aliphatic carbocycles. The minimum Gasteiger partial charge on any atom is -0.459 e. The number of fused-ring (bicyclic) bond motifs is 1. The molecule has 0 aliphatic rings. The van der Waals surface area contributed by atoms with Crippen LogP contribution in [0.3, 0.4) is 0 Å². The fourth-order valence-corrected chi connectivity index (χ4v) is 2.67. The van der Waals surface area contributed by atoms with Crippen LogP contribution in [-0.4, -0.2) is 14.6 Å². The van der Waals surface area contributed by atoms with Crippen LogP contribution in [0.4, 0.5) is 0 Å². The lowest BCUT2D eigenvalue weighted by atomic mass is 10.2. The molecule has 1 heterocycles. The first kappa shape index (κ1) is 15.0. The van der Waals surface area contributed by atoms with Crippen LogP contribution in [0.1, 0.15) is 36.9 Å². The Bertz CT molecular complexity index is 620. The van der Waals surface area contributed by atoms with Gasteiger partial charge in [0.25, 0.3) is 0 Å². The van der Waals surface area contributed by atoms with E-state index in [1.165, 1.54) is 0 Å². The third-order valence-corrected chi connectivity index (χ3v) is 8.59. The van der Waals surface area contributed by atoms with Gasteiger partial charge in [-0.3, -0.25) is 4.79 Å². The lowest BCUT2D eigenvalue weighted by Gasteiger charge is -2.35. The van der Waals surface area contributed by atoms with E-state index < -0.39 is 8.32 Å². The molecule has 0 saturated heterocycles. The second-order valence-electron chi connectivity index (χ2n) is 6.68. The van der Waals surface area contributed by atoms with Gasteiger partial charge in [0.15, 0.2) is 8.32 Å². The molecule has 0 unspecified atom stereocenters. The maximum Gasteiger partial charge on any atom is 0.192 e. The standard InChI is InChI=1S/C16H22O3Si/c1-16(2,3)20(4,5)18-11-14-9-13-8-12(10-17)6-7-15(13)19-14/h6-10H,11H2,1-5H3. The van der Waals surface area contributed by atoms with E-state index >= 15 is 0 Å². The molecule has 2 rings (SSSR count). The molecule has 3 nitrogen and oxygen atoms in total. The van der Waals surface area contributed by atoms with Crippen LogP contribution in [0, 0.1) is 0 Å². The number of hydrogen-bond donors (Lipinski definition) is 0. The number of hydrogen-bond acceptors (Lipinski definition) is 3. The summed E-state index contributed by atoms with van der Waals surface area (Å²) in [5.74, 6) is 0.813. The van der Waals surface area contributed by atoms with Gasteiger partial charge >= 0.3 is 0 Å². The first-order chi connectivity index (χ1) is 9.23. The molecular weight excluding hydrogens is 268 g/mol. The lowest BCUT2D eigenvalue weighted by Crippen LogP contribution is -2.40. The van der Waals surface area contributed by atoms with Crippen LogP contribution in [0.15, 0.2) is 28.7 Å². The van der Waals surface area contributed by atoms with E-state index in [-0.39, 0.29) is 5.04 Å². The summed E-state index contributed by atoms with van der Waals surface area (Å²) in [5, 5.41) is 1.13. The van der Waals surface area contributed by atoms with E-state index in [0.717, 1.165) is 23.0 Å². The summed E-state index contributed by atoms with van der Waals surface area (Å²) in [6, 6.07) is 7.38. The number of rotatable bonds is 4. The van der Waals surface area contributed by atoms with Crippen LogP contribution < -0.4 is 0 Å². The number of carbonyl (C=O) groups is 1. The zero-order valence-electron chi connectivity index (χ0n) is 12.8. The van der Waals surface area contributed by atoms with Crippen LogP contribution in [0.2, 0.25) is 18.1 Å². The van der Waals surface area contributed by atoms with Gasteiger partial charge < -0.3 is 8.84 Å². The molecule has 1 aromatic heterocycles. The van der Waals surface area contributed by atoms with Crippen LogP contribution in [-0.2, 0) is 11.0 Å². The smallest absolute Gasteiger partial charge is 0.192 e. The maximum atomic E-state index is 10.8. The summed E-state index contributed by atoms with van der Waals surface area (Å²) in [4.78, 5) is 10.8. The molecule has 0 spiro atoms. The zero-order valence-corrected chi connectivity index (χ0v) is 13.8. The van der Waals surface area contributed by atoms with Crippen molar-refractivity contribution in [2.24, 2.45) is 0 Å². The molecular formula is C16H22O3Si. The Morgan fingerprint density at radius 1 is 1.25 bits per heavy atom. The van der Waals surface area contributed by atoms with Gasteiger partial charge in [-0.1, -0.05) is 20.8 Å². The average molecular weight is 290 g/mol.